The first kappa shape index (κ1) is 14.4. The maximum Gasteiger partial charge on any atom is 0.223 e. The maximum absolute atomic E-state index is 12.2. The number of carbonyl (C=O) groups is 1. The summed E-state index contributed by atoms with van der Waals surface area (Å²) in [5.74, 6) is 0.277. The fraction of sp³-hybridized carbons (Fsp3) is 0.533. The molecule has 0 spiro atoms. The molecule has 3 nitrogen and oxygen atoms in total. The van der Waals surface area contributed by atoms with Crippen LogP contribution in [0.2, 0.25) is 5.02 Å². The summed E-state index contributed by atoms with van der Waals surface area (Å²) in [6, 6.07) is 8.06. The molecule has 3 unspecified atom stereocenters. The number of hydrogen-bond donors (Lipinski definition) is 2. The molecule has 1 aromatic carbocycles. The molecule has 0 bridgehead atoms. The molecule has 1 saturated heterocycles. The van der Waals surface area contributed by atoms with Gasteiger partial charge in [0, 0.05) is 17.0 Å². The number of nitrogens with one attached hydrogen (secondary N) is 2. The van der Waals surface area contributed by atoms with Crippen LogP contribution in [0.15, 0.2) is 24.3 Å². The highest BCUT2D eigenvalue weighted by Crippen LogP contribution is 2.20. The van der Waals surface area contributed by atoms with Gasteiger partial charge in [-0.15, -0.1) is 0 Å². The van der Waals surface area contributed by atoms with E-state index in [4.69, 9.17) is 11.6 Å². The van der Waals surface area contributed by atoms with E-state index in [0.29, 0.717) is 11.1 Å². The monoisotopic (exact) mass is 280 g/mol. The first-order valence-corrected chi connectivity index (χ1v) is 7.23. The Labute approximate surface area is 119 Å². The Bertz CT molecular complexity index is 450. The van der Waals surface area contributed by atoms with Crippen LogP contribution in [0.1, 0.15) is 38.3 Å². The van der Waals surface area contributed by atoms with E-state index in [1.54, 1.807) is 0 Å². The highest BCUT2D eigenvalue weighted by atomic mass is 35.5. The zero-order valence-electron chi connectivity index (χ0n) is 11.4. The smallest absolute Gasteiger partial charge is 0.223 e. The number of piperidine rings is 1. The van der Waals surface area contributed by atoms with Gasteiger partial charge in [-0.05, 0) is 50.9 Å². The van der Waals surface area contributed by atoms with Gasteiger partial charge in [0.25, 0.3) is 0 Å². The Hall–Kier alpha value is -1.06. The molecular weight excluding hydrogens is 260 g/mol. The second kappa shape index (κ2) is 6.40. The van der Waals surface area contributed by atoms with Crippen molar-refractivity contribution in [2.24, 2.45) is 5.92 Å². The van der Waals surface area contributed by atoms with Crippen LogP contribution in [0.4, 0.5) is 0 Å². The Kier molecular flexibility index (Phi) is 4.83. The van der Waals surface area contributed by atoms with Crippen LogP contribution < -0.4 is 10.6 Å². The summed E-state index contributed by atoms with van der Waals surface area (Å²) in [7, 11) is 0. The van der Waals surface area contributed by atoms with Crippen molar-refractivity contribution in [1.82, 2.24) is 10.6 Å². The van der Waals surface area contributed by atoms with Crippen molar-refractivity contribution in [3.63, 3.8) is 0 Å². The van der Waals surface area contributed by atoms with E-state index >= 15 is 0 Å². The average molecular weight is 281 g/mol. The minimum absolute atomic E-state index is 0.00334. The van der Waals surface area contributed by atoms with Gasteiger partial charge in [0.1, 0.15) is 0 Å². The van der Waals surface area contributed by atoms with Gasteiger partial charge in [-0.1, -0.05) is 23.7 Å². The van der Waals surface area contributed by atoms with Crippen molar-refractivity contribution >= 4 is 17.5 Å². The molecule has 3 atom stereocenters. The van der Waals surface area contributed by atoms with Crippen LogP contribution in [0.3, 0.4) is 0 Å². The maximum atomic E-state index is 12.2. The molecule has 1 heterocycles. The molecule has 19 heavy (non-hydrogen) atoms. The zero-order valence-corrected chi connectivity index (χ0v) is 12.2. The van der Waals surface area contributed by atoms with Gasteiger partial charge < -0.3 is 10.6 Å². The Balaban J connectivity index is 1.94. The van der Waals surface area contributed by atoms with E-state index < -0.39 is 0 Å². The number of hydrogen-bond acceptors (Lipinski definition) is 2. The van der Waals surface area contributed by atoms with Gasteiger partial charge >= 0.3 is 0 Å². The molecule has 0 aromatic heterocycles. The molecule has 1 aliphatic rings. The Morgan fingerprint density at radius 1 is 1.53 bits per heavy atom. The van der Waals surface area contributed by atoms with Crippen molar-refractivity contribution in [2.45, 2.75) is 38.8 Å². The van der Waals surface area contributed by atoms with E-state index in [-0.39, 0.29) is 17.9 Å². The number of halogens is 1. The molecule has 4 heteroatoms. The lowest BCUT2D eigenvalue weighted by Gasteiger charge is -2.28. The molecule has 1 amide bonds. The quantitative estimate of drug-likeness (QED) is 0.894. The highest BCUT2D eigenvalue weighted by molar-refractivity contribution is 6.30. The van der Waals surface area contributed by atoms with Gasteiger partial charge in [-0.25, -0.2) is 0 Å². The number of benzene rings is 1. The molecule has 1 aromatic rings. The summed E-state index contributed by atoms with van der Waals surface area (Å²) < 4.78 is 0. The summed E-state index contributed by atoms with van der Waals surface area (Å²) >= 11 is 5.97. The second-order valence-electron chi connectivity index (χ2n) is 5.36. The van der Waals surface area contributed by atoms with Crippen molar-refractivity contribution in [1.29, 1.82) is 0 Å². The molecule has 0 aliphatic carbocycles. The van der Waals surface area contributed by atoms with E-state index in [9.17, 15) is 4.79 Å². The molecule has 2 rings (SSSR count). The second-order valence-corrected chi connectivity index (χ2v) is 5.80. The lowest BCUT2D eigenvalue weighted by atomic mass is 9.92. The highest BCUT2D eigenvalue weighted by Gasteiger charge is 2.25. The van der Waals surface area contributed by atoms with Crippen LogP contribution in [0, 0.1) is 5.92 Å². The molecule has 0 radical (unpaired) electrons. The molecule has 1 aliphatic heterocycles. The minimum atomic E-state index is -0.00334. The van der Waals surface area contributed by atoms with Crippen LogP contribution in [-0.4, -0.2) is 18.5 Å². The van der Waals surface area contributed by atoms with Crippen molar-refractivity contribution < 1.29 is 4.79 Å². The Morgan fingerprint density at radius 2 is 2.32 bits per heavy atom. The van der Waals surface area contributed by atoms with E-state index in [1.165, 1.54) is 0 Å². The fourth-order valence-corrected chi connectivity index (χ4v) is 2.76. The topological polar surface area (TPSA) is 41.1 Å². The molecular formula is C15H21ClN2O. The van der Waals surface area contributed by atoms with Gasteiger partial charge in [-0.2, -0.15) is 0 Å². The first-order valence-electron chi connectivity index (χ1n) is 6.85. The normalized spacial score (nSPS) is 24.8. The van der Waals surface area contributed by atoms with Gasteiger partial charge in [0.05, 0.1) is 6.04 Å². The SMILES string of the molecule is CC1CC(C(=O)NC(C)c2cccc(Cl)c2)CCN1. The van der Waals surface area contributed by atoms with E-state index in [0.717, 1.165) is 24.9 Å². The van der Waals surface area contributed by atoms with E-state index in [2.05, 4.69) is 17.6 Å². The predicted molar refractivity (Wildman–Crippen MR) is 78.2 cm³/mol. The molecule has 104 valence electrons. The van der Waals surface area contributed by atoms with Gasteiger partial charge in [0.15, 0.2) is 0 Å². The van der Waals surface area contributed by atoms with Crippen molar-refractivity contribution in [3.05, 3.63) is 34.9 Å². The molecule has 0 saturated carbocycles. The van der Waals surface area contributed by atoms with Gasteiger partial charge in [0.2, 0.25) is 5.91 Å². The zero-order chi connectivity index (χ0) is 13.8. The van der Waals surface area contributed by atoms with Crippen molar-refractivity contribution in [3.8, 4) is 0 Å². The summed E-state index contributed by atoms with van der Waals surface area (Å²) in [6.07, 6.45) is 1.83. The summed E-state index contributed by atoms with van der Waals surface area (Å²) in [4.78, 5) is 12.2. The number of carbonyl (C=O) groups excluding carboxylic acids is 1. The number of rotatable bonds is 3. The average Bonchev–Trinajstić information content (AvgIpc) is 2.38. The molecule has 2 N–H and O–H groups in total. The first-order chi connectivity index (χ1) is 9.06. The largest absolute Gasteiger partial charge is 0.349 e. The van der Waals surface area contributed by atoms with Crippen LogP contribution in [0.25, 0.3) is 0 Å². The van der Waals surface area contributed by atoms with Crippen LogP contribution in [-0.2, 0) is 4.79 Å². The standard InChI is InChI=1S/C15H21ClN2O/c1-10-8-13(6-7-17-10)15(19)18-11(2)12-4-3-5-14(16)9-12/h3-5,9-11,13,17H,6-8H2,1-2H3,(H,18,19). The number of amides is 1. The fourth-order valence-electron chi connectivity index (χ4n) is 2.56. The summed E-state index contributed by atoms with van der Waals surface area (Å²) in [5.41, 5.74) is 1.04. The summed E-state index contributed by atoms with van der Waals surface area (Å²) in [5, 5.41) is 7.15. The van der Waals surface area contributed by atoms with E-state index in [1.807, 2.05) is 31.2 Å². The van der Waals surface area contributed by atoms with Gasteiger partial charge in [-0.3, -0.25) is 4.79 Å². The third kappa shape index (κ3) is 3.95. The van der Waals surface area contributed by atoms with Crippen LogP contribution in [0.5, 0.6) is 0 Å². The summed E-state index contributed by atoms with van der Waals surface area (Å²) in [6.45, 7) is 5.04. The Morgan fingerprint density at radius 3 is 3.00 bits per heavy atom. The third-order valence-corrected chi connectivity index (χ3v) is 3.94. The third-order valence-electron chi connectivity index (χ3n) is 3.70. The van der Waals surface area contributed by atoms with Crippen LogP contribution >= 0.6 is 11.6 Å². The minimum Gasteiger partial charge on any atom is -0.349 e. The lowest BCUT2D eigenvalue weighted by Crippen LogP contribution is -2.42. The predicted octanol–water partition coefficient (Wildman–Crippen LogP) is 2.91. The molecule has 1 fully saturated rings. The van der Waals surface area contributed by atoms with Crippen molar-refractivity contribution in [2.75, 3.05) is 6.54 Å². The lowest BCUT2D eigenvalue weighted by molar-refractivity contribution is -0.126.